The van der Waals surface area contributed by atoms with Crippen LogP contribution in [0.5, 0.6) is 5.75 Å². The molecule has 2 atom stereocenters. The minimum atomic E-state index is -0.161. The molecule has 1 aromatic heterocycles. The van der Waals surface area contributed by atoms with Crippen LogP contribution in [0.25, 0.3) is 0 Å². The number of ether oxygens (including phenoxy) is 1. The summed E-state index contributed by atoms with van der Waals surface area (Å²) in [6.45, 7) is 6.90. The first-order valence-corrected chi connectivity index (χ1v) is 12.2. The number of piperidine rings is 2. The minimum Gasteiger partial charge on any atom is -0.490 e. The van der Waals surface area contributed by atoms with Gasteiger partial charge in [0.05, 0.1) is 5.69 Å². The number of nitrogens with zero attached hydrogens (tertiary/aromatic N) is 3. The molecule has 0 N–H and O–H groups in total. The van der Waals surface area contributed by atoms with Crippen molar-refractivity contribution in [2.45, 2.75) is 58.5 Å². The molecule has 2 fully saturated rings. The third kappa shape index (κ3) is 6.15. The average molecular weight is 454 g/mol. The van der Waals surface area contributed by atoms with Crippen LogP contribution in [0.2, 0.25) is 0 Å². The van der Waals surface area contributed by atoms with Crippen molar-refractivity contribution >= 4 is 11.8 Å². The summed E-state index contributed by atoms with van der Waals surface area (Å²) >= 11 is 0. The maximum atomic E-state index is 13.2. The zero-order valence-corrected chi connectivity index (χ0v) is 19.7. The Hall–Kier alpha value is -2.83. The number of carbonyl (C=O) groups is 2. The molecular weight excluding hydrogens is 418 g/mol. The van der Waals surface area contributed by atoms with Crippen LogP contribution in [-0.2, 0) is 11.2 Å². The van der Waals surface area contributed by atoms with Crippen molar-refractivity contribution in [2.24, 2.45) is 11.8 Å². The van der Waals surface area contributed by atoms with E-state index in [1.807, 2.05) is 35.2 Å². The van der Waals surface area contributed by atoms with E-state index in [4.69, 9.17) is 9.26 Å². The monoisotopic (exact) mass is 453 g/mol. The smallest absolute Gasteiger partial charge is 0.292 e. The summed E-state index contributed by atoms with van der Waals surface area (Å²) < 4.78 is 11.7. The Morgan fingerprint density at radius 3 is 2.58 bits per heavy atom. The first-order valence-electron chi connectivity index (χ1n) is 12.2. The number of para-hydroxylation sites is 1. The predicted molar refractivity (Wildman–Crippen MR) is 125 cm³/mol. The largest absolute Gasteiger partial charge is 0.490 e. The van der Waals surface area contributed by atoms with Gasteiger partial charge in [-0.1, -0.05) is 37.2 Å². The van der Waals surface area contributed by atoms with Crippen LogP contribution in [0.4, 0.5) is 0 Å². The second-order valence-corrected chi connectivity index (χ2v) is 9.70. The number of hydrogen-bond donors (Lipinski definition) is 0. The number of benzene rings is 1. The molecule has 178 valence electrons. The third-order valence-corrected chi connectivity index (χ3v) is 6.51. The lowest BCUT2D eigenvalue weighted by atomic mass is 9.90. The summed E-state index contributed by atoms with van der Waals surface area (Å²) in [4.78, 5) is 30.0. The number of carbonyl (C=O) groups excluding carboxylic acids is 2. The van der Waals surface area contributed by atoms with E-state index in [0.717, 1.165) is 43.8 Å². The highest BCUT2D eigenvalue weighted by molar-refractivity contribution is 5.91. The van der Waals surface area contributed by atoms with E-state index in [-0.39, 0.29) is 29.6 Å². The van der Waals surface area contributed by atoms with E-state index < -0.39 is 0 Å². The van der Waals surface area contributed by atoms with Crippen molar-refractivity contribution in [1.82, 2.24) is 15.0 Å². The van der Waals surface area contributed by atoms with Gasteiger partial charge < -0.3 is 19.1 Å². The molecule has 0 unspecified atom stereocenters. The first kappa shape index (κ1) is 23.3. The Balaban J connectivity index is 1.45. The average Bonchev–Trinajstić information content (AvgIpc) is 3.28. The van der Waals surface area contributed by atoms with Crippen LogP contribution in [0, 0.1) is 11.8 Å². The second-order valence-electron chi connectivity index (χ2n) is 9.70. The quantitative estimate of drug-likeness (QED) is 0.628. The van der Waals surface area contributed by atoms with Gasteiger partial charge in [-0.25, -0.2) is 0 Å². The summed E-state index contributed by atoms with van der Waals surface area (Å²) in [6, 6.07) is 11.5. The molecule has 2 saturated heterocycles. The summed E-state index contributed by atoms with van der Waals surface area (Å²) in [5.74, 6) is 1.44. The molecule has 0 spiro atoms. The number of aromatic nitrogens is 1. The van der Waals surface area contributed by atoms with E-state index >= 15 is 0 Å². The summed E-state index contributed by atoms with van der Waals surface area (Å²) in [5, 5.41) is 4.06. The van der Waals surface area contributed by atoms with Crippen LogP contribution in [-0.4, -0.2) is 59.1 Å². The van der Waals surface area contributed by atoms with Crippen molar-refractivity contribution in [1.29, 1.82) is 0 Å². The molecule has 0 radical (unpaired) electrons. The molecule has 0 bridgehead atoms. The van der Waals surface area contributed by atoms with Crippen LogP contribution in [0.1, 0.15) is 62.2 Å². The zero-order chi connectivity index (χ0) is 23.2. The number of rotatable bonds is 7. The Labute approximate surface area is 196 Å². The second kappa shape index (κ2) is 10.9. The van der Waals surface area contributed by atoms with E-state index in [0.29, 0.717) is 31.8 Å². The maximum Gasteiger partial charge on any atom is 0.292 e. The molecule has 3 heterocycles. The molecule has 0 aliphatic carbocycles. The highest BCUT2D eigenvalue weighted by atomic mass is 16.5. The Morgan fingerprint density at radius 2 is 1.85 bits per heavy atom. The molecule has 7 heteroatoms. The molecule has 1 aromatic carbocycles. The van der Waals surface area contributed by atoms with Crippen LogP contribution in [0.15, 0.2) is 40.9 Å². The molecule has 2 aliphatic rings. The maximum absolute atomic E-state index is 13.2. The summed E-state index contributed by atoms with van der Waals surface area (Å²) in [7, 11) is 0. The first-order chi connectivity index (χ1) is 16.0. The highest BCUT2D eigenvalue weighted by Gasteiger charge is 2.36. The van der Waals surface area contributed by atoms with E-state index in [1.165, 1.54) is 6.42 Å². The van der Waals surface area contributed by atoms with Crippen molar-refractivity contribution in [2.75, 3.05) is 26.2 Å². The fraction of sp³-hybridized carbons (Fsp3) is 0.577. The van der Waals surface area contributed by atoms with Crippen molar-refractivity contribution < 1.29 is 18.8 Å². The van der Waals surface area contributed by atoms with Gasteiger partial charge in [0.15, 0.2) is 0 Å². The molecule has 2 aromatic rings. The molecular formula is C26H35N3O4. The molecule has 0 saturated carbocycles. The zero-order valence-electron chi connectivity index (χ0n) is 19.7. The molecule has 2 amide bonds. The molecule has 7 nitrogen and oxygen atoms in total. The van der Waals surface area contributed by atoms with E-state index in [1.54, 1.807) is 11.0 Å². The van der Waals surface area contributed by atoms with Gasteiger partial charge in [0.1, 0.15) is 11.9 Å². The van der Waals surface area contributed by atoms with Gasteiger partial charge in [-0.3, -0.25) is 9.59 Å². The number of amides is 2. The lowest BCUT2D eigenvalue weighted by molar-refractivity contribution is -0.134. The van der Waals surface area contributed by atoms with Gasteiger partial charge >= 0.3 is 0 Å². The van der Waals surface area contributed by atoms with Gasteiger partial charge in [-0.2, -0.15) is 0 Å². The Kier molecular flexibility index (Phi) is 7.68. The van der Waals surface area contributed by atoms with Crippen molar-refractivity contribution in [3.8, 4) is 5.75 Å². The molecule has 4 rings (SSSR count). The number of likely N-dealkylation sites (tertiary alicyclic amines) is 2. The normalized spacial score (nSPS) is 21.3. The van der Waals surface area contributed by atoms with Crippen LogP contribution >= 0.6 is 0 Å². The lowest BCUT2D eigenvalue weighted by Gasteiger charge is -2.39. The molecule has 33 heavy (non-hydrogen) atoms. The topological polar surface area (TPSA) is 75.9 Å². The van der Waals surface area contributed by atoms with Crippen LogP contribution in [0.3, 0.4) is 0 Å². The third-order valence-electron chi connectivity index (χ3n) is 6.51. The van der Waals surface area contributed by atoms with E-state index in [2.05, 4.69) is 19.0 Å². The lowest BCUT2D eigenvalue weighted by Crippen LogP contribution is -2.49. The minimum absolute atomic E-state index is 0.0737. The van der Waals surface area contributed by atoms with Crippen molar-refractivity contribution in [3.05, 3.63) is 47.9 Å². The van der Waals surface area contributed by atoms with Gasteiger partial charge in [0.25, 0.3) is 5.91 Å². The number of hydrogen-bond acceptors (Lipinski definition) is 5. The summed E-state index contributed by atoms with van der Waals surface area (Å²) in [5.41, 5.74) is 0.799. The van der Waals surface area contributed by atoms with Crippen LogP contribution < -0.4 is 4.74 Å². The van der Waals surface area contributed by atoms with Gasteiger partial charge in [0, 0.05) is 51.0 Å². The Bertz CT molecular complexity index is 921. The highest BCUT2D eigenvalue weighted by Crippen LogP contribution is 2.28. The van der Waals surface area contributed by atoms with Gasteiger partial charge in [0.2, 0.25) is 11.7 Å². The van der Waals surface area contributed by atoms with E-state index in [9.17, 15) is 9.59 Å². The molecule has 2 aliphatic heterocycles. The van der Waals surface area contributed by atoms with Gasteiger partial charge in [-0.05, 0) is 43.7 Å². The fourth-order valence-electron chi connectivity index (χ4n) is 4.80. The standard InChI is InChI=1S/C26H35N3O4/c1-19(2)15-21-17-24(33-27-21)26(31)29-14-11-23(32-22-9-5-3-6-10-22)20(18-29)16-25(30)28-12-7-4-8-13-28/h3,5-6,9-10,17,19-20,23H,4,7-8,11-16,18H2,1-2H3/t20-,23-/m0/s1. The SMILES string of the molecule is CC(C)Cc1cc(C(=O)N2CC[C@H](Oc3ccccc3)[C@@H](CC(=O)N3CCCCC3)C2)on1. The fourth-order valence-corrected chi connectivity index (χ4v) is 4.80. The van der Waals surface area contributed by atoms with Gasteiger partial charge in [-0.15, -0.1) is 0 Å². The Morgan fingerprint density at radius 1 is 1.09 bits per heavy atom. The summed E-state index contributed by atoms with van der Waals surface area (Å²) in [6.07, 6.45) is 5.03. The predicted octanol–water partition coefficient (Wildman–Crippen LogP) is 4.19. The van der Waals surface area contributed by atoms with Crippen molar-refractivity contribution in [3.63, 3.8) is 0 Å².